The van der Waals surface area contributed by atoms with Crippen molar-refractivity contribution in [1.82, 2.24) is 0 Å². The number of pyridine rings is 1. The fourth-order valence-corrected chi connectivity index (χ4v) is 5.56. The van der Waals surface area contributed by atoms with Gasteiger partial charge in [-0.2, -0.15) is 0 Å². The summed E-state index contributed by atoms with van der Waals surface area (Å²) in [4.78, 5) is 2.67. The highest BCUT2D eigenvalue weighted by molar-refractivity contribution is 5.70. The lowest BCUT2D eigenvalue weighted by Gasteiger charge is -2.25. The molecule has 0 saturated carbocycles. The van der Waals surface area contributed by atoms with Crippen molar-refractivity contribution in [3.8, 4) is 0 Å². The molecule has 2 heteroatoms. The molecule has 0 amide bonds. The van der Waals surface area contributed by atoms with E-state index in [9.17, 15) is 0 Å². The van der Waals surface area contributed by atoms with E-state index in [-0.39, 0.29) is 0 Å². The number of hydrogen-bond donors (Lipinski definition) is 0. The quantitative estimate of drug-likeness (QED) is 0.0885. The van der Waals surface area contributed by atoms with Crippen molar-refractivity contribution in [2.75, 3.05) is 18.0 Å². The summed E-state index contributed by atoms with van der Waals surface area (Å²) >= 11 is 0. The van der Waals surface area contributed by atoms with Crippen LogP contribution in [0.4, 0.5) is 5.69 Å². The standard InChI is InChI=1S/C38H63N2/c1-4-6-8-10-12-14-16-18-20-22-32-40(33-23-21-19-17-15-13-11-9-7-5-2)38-28-26-36(27-29-38)24-25-37-30-34-39(3)35-31-37/h24-31,34-35H,4-23,32-33H2,1-3H3/q+1. The smallest absolute Gasteiger partial charge is 0.169 e. The number of hydrogen-bond acceptors (Lipinski definition) is 1. The molecular formula is C38H63N2+. The number of rotatable bonds is 25. The van der Waals surface area contributed by atoms with Gasteiger partial charge in [0.25, 0.3) is 0 Å². The average Bonchev–Trinajstić information content (AvgIpc) is 2.98. The van der Waals surface area contributed by atoms with Crippen LogP contribution in [0.2, 0.25) is 0 Å². The van der Waals surface area contributed by atoms with Gasteiger partial charge in [-0.15, -0.1) is 0 Å². The molecule has 1 aromatic heterocycles. The first-order chi connectivity index (χ1) is 19.7. The van der Waals surface area contributed by atoms with E-state index in [4.69, 9.17) is 0 Å². The second kappa shape index (κ2) is 23.6. The Morgan fingerprint density at radius 1 is 0.475 bits per heavy atom. The van der Waals surface area contributed by atoms with E-state index >= 15 is 0 Å². The summed E-state index contributed by atoms with van der Waals surface area (Å²) in [6, 6.07) is 13.6. The first-order valence-electron chi connectivity index (χ1n) is 17.2. The van der Waals surface area contributed by atoms with E-state index in [0.29, 0.717) is 0 Å². The van der Waals surface area contributed by atoms with Gasteiger partial charge in [0.05, 0.1) is 0 Å². The van der Waals surface area contributed by atoms with Crippen LogP contribution in [-0.2, 0) is 7.05 Å². The normalized spacial score (nSPS) is 11.5. The number of anilines is 1. The molecule has 0 aliphatic carbocycles. The number of nitrogens with zero attached hydrogens (tertiary/aromatic N) is 2. The molecular weight excluding hydrogens is 484 g/mol. The third kappa shape index (κ3) is 16.9. The molecule has 0 N–H and O–H groups in total. The maximum Gasteiger partial charge on any atom is 0.169 e. The van der Waals surface area contributed by atoms with Crippen molar-refractivity contribution in [3.05, 3.63) is 59.9 Å². The van der Waals surface area contributed by atoms with E-state index < -0.39 is 0 Å². The third-order valence-corrected chi connectivity index (χ3v) is 8.29. The van der Waals surface area contributed by atoms with Gasteiger partial charge in [-0.25, -0.2) is 4.57 Å². The first kappa shape index (κ1) is 34.1. The molecule has 40 heavy (non-hydrogen) atoms. The zero-order chi connectivity index (χ0) is 28.5. The summed E-state index contributed by atoms with van der Waals surface area (Å²) in [5, 5.41) is 0. The van der Waals surface area contributed by atoms with Crippen LogP contribution in [-0.4, -0.2) is 13.1 Å². The molecule has 2 nitrogen and oxygen atoms in total. The van der Waals surface area contributed by atoms with Crippen LogP contribution in [0.25, 0.3) is 12.2 Å². The van der Waals surface area contributed by atoms with Crippen LogP contribution >= 0.6 is 0 Å². The largest absolute Gasteiger partial charge is 0.372 e. The highest BCUT2D eigenvalue weighted by atomic mass is 15.1. The Morgan fingerprint density at radius 3 is 1.23 bits per heavy atom. The van der Waals surface area contributed by atoms with E-state index in [2.05, 4.69) is 91.3 Å². The van der Waals surface area contributed by atoms with Gasteiger partial charge in [0.1, 0.15) is 7.05 Å². The number of aryl methyl sites for hydroxylation is 1. The molecule has 0 spiro atoms. The minimum Gasteiger partial charge on any atom is -0.372 e. The predicted molar refractivity (Wildman–Crippen MR) is 179 cm³/mol. The molecule has 2 rings (SSSR count). The van der Waals surface area contributed by atoms with Crippen LogP contribution in [0.15, 0.2) is 48.8 Å². The monoisotopic (exact) mass is 547 g/mol. The van der Waals surface area contributed by atoms with Crippen LogP contribution in [0.1, 0.15) is 153 Å². The van der Waals surface area contributed by atoms with Crippen molar-refractivity contribution >= 4 is 17.8 Å². The zero-order valence-corrected chi connectivity index (χ0v) is 26.7. The van der Waals surface area contributed by atoms with Gasteiger partial charge < -0.3 is 4.90 Å². The zero-order valence-electron chi connectivity index (χ0n) is 26.7. The molecule has 1 aromatic carbocycles. The molecule has 0 atom stereocenters. The molecule has 0 bridgehead atoms. The van der Waals surface area contributed by atoms with Gasteiger partial charge >= 0.3 is 0 Å². The van der Waals surface area contributed by atoms with Crippen LogP contribution in [0.3, 0.4) is 0 Å². The summed E-state index contributed by atoms with van der Waals surface area (Å²) in [5.41, 5.74) is 3.91. The summed E-state index contributed by atoms with van der Waals surface area (Å²) in [5.74, 6) is 0. The molecule has 0 unspecified atom stereocenters. The van der Waals surface area contributed by atoms with Gasteiger partial charge in [0.15, 0.2) is 12.4 Å². The summed E-state index contributed by atoms with van der Waals surface area (Å²) in [6.45, 7) is 7.00. The van der Waals surface area contributed by atoms with Gasteiger partial charge in [-0.05, 0) is 36.1 Å². The van der Waals surface area contributed by atoms with Gasteiger partial charge in [0, 0.05) is 30.9 Å². The van der Waals surface area contributed by atoms with Gasteiger partial charge in [-0.3, -0.25) is 0 Å². The van der Waals surface area contributed by atoms with E-state index in [0.717, 1.165) is 0 Å². The SMILES string of the molecule is CCCCCCCCCCCCN(CCCCCCCCCCCC)c1ccc(/C=C/c2cc[n+](C)cc2)cc1. The van der Waals surface area contributed by atoms with Gasteiger partial charge in [-0.1, -0.05) is 154 Å². The molecule has 0 fully saturated rings. The van der Waals surface area contributed by atoms with E-state index in [1.165, 1.54) is 158 Å². The van der Waals surface area contributed by atoms with Crippen LogP contribution in [0, 0.1) is 0 Å². The fourth-order valence-electron chi connectivity index (χ4n) is 5.56. The number of unbranched alkanes of at least 4 members (excludes halogenated alkanes) is 18. The minimum absolute atomic E-state index is 1.20. The lowest BCUT2D eigenvalue weighted by atomic mass is 10.1. The number of benzene rings is 1. The second-order valence-electron chi connectivity index (χ2n) is 12.1. The van der Waals surface area contributed by atoms with Gasteiger partial charge in [0.2, 0.25) is 0 Å². The van der Waals surface area contributed by atoms with Crippen LogP contribution in [0.5, 0.6) is 0 Å². The summed E-state index contributed by atoms with van der Waals surface area (Å²) in [6.07, 6.45) is 36.7. The minimum atomic E-state index is 1.20. The van der Waals surface area contributed by atoms with Crippen LogP contribution < -0.4 is 9.47 Å². The highest BCUT2D eigenvalue weighted by Gasteiger charge is 2.07. The van der Waals surface area contributed by atoms with E-state index in [1.807, 2.05) is 0 Å². The lowest BCUT2D eigenvalue weighted by Crippen LogP contribution is -2.25. The Labute approximate surface area is 249 Å². The Morgan fingerprint density at radius 2 is 0.825 bits per heavy atom. The van der Waals surface area contributed by atoms with Crippen molar-refractivity contribution in [1.29, 1.82) is 0 Å². The molecule has 2 aromatic rings. The number of aromatic nitrogens is 1. The van der Waals surface area contributed by atoms with Crippen molar-refractivity contribution in [3.63, 3.8) is 0 Å². The predicted octanol–water partition coefficient (Wildman–Crippen LogP) is 11.3. The topological polar surface area (TPSA) is 7.12 Å². The Balaban J connectivity index is 1.76. The van der Waals surface area contributed by atoms with Crippen molar-refractivity contribution in [2.24, 2.45) is 7.05 Å². The third-order valence-electron chi connectivity index (χ3n) is 8.29. The Bertz CT molecular complexity index is 828. The molecule has 224 valence electrons. The summed E-state index contributed by atoms with van der Waals surface area (Å²) in [7, 11) is 2.06. The molecule has 1 heterocycles. The molecule has 0 aliphatic rings. The molecule has 0 aliphatic heterocycles. The summed E-state index contributed by atoms with van der Waals surface area (Å²) < 4.78 is 2.07. The lowest BCUT2D eigenvalue weighted by molar-refractivity contribution is -0.671. The highest BCUT2D eigenvalue weighted by Crippen LogP contribution is 2.20. The first-order valence-corrected chi connectivity index (χ1v) is 17.2. The van der Waals surface area contributed by atoms with E-state index in [1.54, 1.807) is 0 Å². The van der Waals surface area contributed by atoms with Crippen molar-refractivity contribution < 1.29 is 4.57 Å². The van der Waals surface area contributed by atoms with Crippen molar-refractivity contribution in [2.45, 2.75) is 142 Å². The maximum absolute atomic E-state index is 2.67. The average molecular weight is 548 g/mol. The maximum atomic E-state index is 2.67. The molecule has 0 saturated heterocycles. The Hall–Kier alpha value is -2.09. The molecule has 0 radical (unpaired) electrons. The fraction of sp³-hybridized carbons (Fsp3) is 0.658. The second-order valence-corrected chi connectivity index (χ2v) is 12.1. The Kier molecular flexibility index (Phi) is 20.1.